The SMILES string of the molecule is Clc1ncccc1-c1cn2ccsc2n1. The fraction of sp³-hybridized carbons (Fsp3) is 0. The van der Waals surface area contributed by atoms with Crippen LogP contribution >= 0.6 is 22.9 Å². The summed E-state index contributed by atoms with van der Waals surface area (Å²) in [5.41, 5.74) is 1.73. The second-order valence-electron chi connectivity index (χ2n) is 3.06. The lowest BCUT2D eigenvalue weighted by Gasteiger charge is -1.96. The summed E-state index contributed by atoms with van der Waals surface area (Å²) >= 11 is 7.59. The van der Waals surface area contributed by atoms with E-state index in [-0.39, 0.29) is 0 Å². The van der Waals surface area contributed by atoms with Crippen molar-refractivity contribution < 1.29 is 0 Å². The molecule has 0 spiro atoms. The van der Waals surface area contributed by atoms with Crippen LogP contribution in [-0.4, -0.2) is 14.4 Å². The van der Waals surface area contributed by atoms with Crippen molar-refractivity contribution in [1.82, 2.24) is 14.4 Å². The summed E-state index contributed by atoms with van der Waals surface area (Å²) in [6.07, 6.45) is 5.60. The van der Waals surface area contributed by atoms with Crippen LogP contribution in [0.2, 0.25) is 5.15 Å². The number of aromatic nitrogens is 3. The summed E-state index contributed by atoms with van der Waals surface area (Å²) in [5, 5.41) is 2.49. The van der Waals surface area contributed by atoms with Gasteiger partial charge in [0.25, 0.3) is 0 Å². The van der Waals surface area contributed by atoms with Gasteiger partial charge in [0, 0.05) is 29.5 Å². The summed E-state index contributed by atoms with van der Waals surface area (Å²) < 4.78 is 1.98. The van der Waals surface area contributed by atoms with Gasteiger partial charge in [-0.05, 0) is 12.1 Å². The number of thiazole rings is 1. The Bertz CT molecular complexity index is 585. The molecule has 0 radical (unpaired) electrons. The van der Waals surface area contributed by atoms with Crippen molar-refractivity contribution in [2.24, 2.45) is 0 Å². The Kier molecular flexibility index (Phi) is 1.97. The number of fused-ring (bicyclic) bond motifs is 1. The zero-order valence-corrected chi connectivity index (χ0v) is 9.16. The highest BCUT2D eigenvalue weighted by Crippen LogP contribution is 2.26. The third-order valence-corrected chi connectivity index (χ3v) is 3.20. The first-order valence-corrected chi connectivity index (χ1v) is 5.63. The molecule has 3 aromatic rings. The van der Waals surface area contributed by atoms with E-state index in [1.165, 1.54) is 0 Å². The minimum Gasteiger partial charge on any atom is -0.297 e. The third kappa shape index (κ3) is 1.42. The Morgan fingerprint density at radius 2 is 2.33 bits per heavy atom. The van der Waals surface area contributed by atoms with Gasteiger partial charge in [-0.1, -0.05) is 11.6 Å². The zero-order valence-electron chi connectivity index (χ0n) is 7.59. The van der Waals surface area contributed by atoms with E-state index in [0.717, 1.165) is 16.2 Å². The quantitative estimate of drug-likeness (QED) is 0.607. The van der Waals surface area contributed by atoms with Crippen molar-refractivity contribution in [1.29, 1.82) is 0 Å². The Morgan fingerprint density at radius 1 is 1.40 bits per heavy atom. The van der Waals surface area contributed by atoms with Gasteiger partial charge in [0.05, 0.1) is 5.69 Å². The molecule has 3 heterocycles. The van der Waals surface area contributed by atoms with Crippen LogP contribution in [0.3, 0.4) is 0 Å². The minimum absolute atomic E-state index is 0.489. The molecule has 0 N–H and O–H groups in total. The van der Waals surface area contributed by atoms with Crippen molar-refractivity contribution in [3.05, 3.63) is 41.3 Å². The number of nitrogens with zero attached hydrogens (tertiary/aromatic N) is 3. The Balaban J connectivity index is 2.22. The Morgan fingerprint density at radius 3 is 3.13 bits per heavy atom. The van der Waals surface area contributed by atoms with E-state index in [4.69, 9.17) is 11.6 Å². The molecule has 0 bridgehead atoms. The highest BCUT2D eigenvalue weighted by molar-refractivity contribution is 7.15. The normalized spacial score (nSPS) is 11.0. The van der Waals surface area contributed by atoms with E-state index in [1.807, 2.05) is 34.3 Å². The first-order valence-electron chi connectivity index (χ1n) is 4.38. The summed E-state index contributed by atoms with van der Waals surface area (Å²) in [5.74, 6) is 0. The Hall–Kier alpha value is -1.39. The number of imidazole rings is 1. The number of pyridine rings is 1. The fourth-order valence-corrected chi connectivity index (χ4v) is 2.35. The van der Waals surface area contributed by atoms with E-state index >= 15 is 0 Å². The lowest BCUT2D eigenvalue weighted by molar-refractivity contribution is 1.23. The van der Waals surface area contributed by atoms with E-state index in [2.05, 4.69) is 9.97 Å². The van der Waals surface area contributed by atoms with Gasteiger partial charge in [-0.15, -0.1) is 11.3 Å². The lowest BCUT2D eigenvalue weighted by Crippen LogP contribution is -1.81. The van der Waals surface area contributed by atoms with Crippen LogP contribution in [0.1, 0.15) is 0 Å². The van der Waals surface area contributed by atoms with Crippen LogP contribution in [0, 0.1) is 0 Å². The van der Waals surface area contributed by atoms with Gasteiger partial charge < -0.3 is 0 Å². The molecule has 15 heavy (non-hydrogen) atoms. The van der Waals surface area contributed by atoms with Crippen LogP contribution in [0.5, 0.6) is 0 Å². The van der Waals surface area contributed by atoms with Crippen LogP contribution in [0.15, 0.2) is 36.1 Å². The lowest BCUT2D eigenvalue weighted by atomic mass is 10.2. The van der Waals surface area contributed by atoms with E-state index in [0.29, 0.717) is 5.15 Å². The van der Waals surface area contributed by atoms with Crippen molar-refractivity contribution >= 4 is 27.9 Å². The summed E-state index contributed by atoms with van der Waals surface area (Å²) in [7, 11) is 0. The molecule has 0 atom stereocenters. The predicted molar refractivity (Wildman–Crippen MR) is 61.3 cm³/mol. The predicted octanol–water partition coefficient (Wildman–Crippen LogP) is 3.11. The average Bonchev–Trinajstić information content (AvgIpc) is 2.77. The maximum absolute atomic E-state index is 6.00. The van der Waals surface area contributed by atoms with Crippen molar-refractivity contribution in [2.75, 3.05) is 0 Å². The standard InChI is InChI=1S/C10H6ClN3S/c11-9-7(2-1-3-12-9)8-6-14-4-5-15-10(14)13-8/h1-6H. The molecule has 0 aliphatic rings. The van der Waals surface area contributed by atoms with Gasteiger partial charge in [0.1, 0.15) is 5.15 Å². The van der Waals surface area contributed by atoms with Crippen LogP contribution < -0.4 is 0 Å². The molecule has 74 valence electrons. The van der Waals surface area contributed by atoms with Gasteiger partial charge in [-0.25, -0.2) is 9.97 Å². The first-order chi connectivity index (χ1) is 7.34. The fourth-order valence-electron chi connectivity index (χ4n) is 1.43. The number of hydrogen-bond acceptors (Lipinski definition) is 3. The molecule has 0 amide bonds. The zero-order chi connectivity index (χ0) is 10.3. The number of hydrogen-bond donors (Lipinski definition) is 0. The maximum Gasteiger partial charge on any atom is 0.194 e. The summed E-state index contributed by atoms with van der Waals surface area (Å²) in [6, 6.07) is 3.77. The average molecular weight is 236 g/mol. The molecule has 3 rings (SSSR count). The van der Waals surface area contributed by atoms with Gasteiger partial charge >= 0.3 is 0 Å². The topological polar surface area (TPSA) is 30.2 Å². The molecule has 0 unspecified atom stereocenters. The highest BCUT2D eigenvalue weighted by Gasteiger charge is 2.08. The van der Waals surface area contributed by atoms with Crippen LogP contribution in [0.25, 0.3) is 16.2 Å². The van der Waals surface area contributed by atoms with E-state index in [9.17, 15) is 0 Å². The van der Waals surface area contributed by atoms with Crippen LogP contribution in [-0.2, 0) is 0 Å². The molecule has 5 heteroatoms. The number of rotatable bonds is 1. The summed E-state index contributed by atoms with van der Waals surface area (Å²) in [6.45, 7) is 0. The van der Waals surface area contributed by atoms with E-state index in [1.54, 1.807) is 17.5 Å². The molecule has 0 aliphatic carbocycles. The molecule has 0 aliphatic heterocycles. The van der Waals surface area contributed by atoms with Crippen molar-refractivity contribution in [2.45, 2.75) is 0 Å². The molecular weight excluding hydrogens is 230 g/mol. The Labute approximate surface area is 95.0 Å². The third-order valence-electron chi connectivity index (χ3n) is 2.13. The smallest absolute Gasteiger partial charge is 0.194 e. The van der Waals surface area contributed by atoms with Crippen molar-refractivity contribution in [3.63, 3.8) is 0 Å². The van der Waals surface area contributed by atoms with Gasteiger partial charge in [0.15, 0.2) is 4.96 Å². The molecule has 0 fully saturated rings. The largest absolute Gasteiger partial charge is 0.297 e. The van der Waals surface area contributed by atoms with Crippen molar-refractivity contribution in [3.8, 4) is 11.3 Å². The molecule has 3 aromatic heterocycles. The van der Waals surface area contributed by atoms with E-state index < -0.39 is 0 Å². The van der Waals surface area contributed by atoms with Crippen LogP contribution in [0.4, 0.5) is 0 Å². The second-order valence-corrected chi connectivity index (χ2v) is 4.29. The minimum atomic E-state index is 0.489. The second kappa shape index (κ2) is 3.32. The maximum atomic E-state index is 6.00. The highest BCUT2D eigenvalue weighted by atomic mass is 35.5. The molecule has 3 nitrogen and oxygen atoms in total. The molecule has 0 aromatic carbocycles. The summed E-state index contributed by atoms with van der Waals surface area (Å²) in [4.78, 5) is 9.45. The van der Waals surface area contributed by atoms with Gasteiger partial charge in [-0.3, -0.25) is 4.40 Å². The molecule has 0 saturated carbocycles. The first kappa shape index (κ1) is 8.88. The molecule has 0 saturated heterocycles. The van der Waals surface area contributed by atoms with Gasteiger partial charge in [-0.2, -0.15) is 0 Å². The molecular formula is C10H6ClN3S. The monoisotopic (exact) mass is 235 g/mol. The number of halogens is 1. The van der Waals surface area contributed by atoms with Gasteiger partial charge in [0.2, 0.25) is 0 Å².